The second-order valence-corrected chi connectivity index (χ2v) is 9.55. The van der Waals surface area contributed by atoms with Gasteiger partial charge in [0.25, 0.3) is 0 Å². The number of esters is 1. The number of aromatic nitrogens is 1. The van der Waals surface area contributed by atoms with E-state index in [1.54, 1.807) is 35.6 Å². The molecule has 1 aliphatic heterocycles. The number of aryl methyl sites for hydroxylation is 1. The fraction of sp³-hybridized carbons (Fsp3) is 0.214. The van der Waals surface area contributed by atoms with E-state index in [-0.39, 0.29) is 17.9 Å². The zero-order chi connectivity index (χ0) is 23.7. The molecule has 3 heterocycles. The maximum atomic E-state index is 13.4. The molecule has 0 bridgehead atoms. The van der Waals surface area contributed by atoms with Gasteiger partial charge in [0.1, 0.15) is 6.04 Å². The van der Waals surface area contributed by atoms with Crippen LogP contribution in [0.4, 0.5) is 0 Å². The molecule has 5 rings (SSSR count). The van der Waals surface area contributed by atoms with Crippen LogP contribution in [0.15, 0.2) is 66.7 Å². The Balaban J connectivity index is 1.47. The number of hydrogen-bond donors (Lipinski definition) is 1. The van der Waals surface area contributed by atoms with Gasteiger partial charge in [-0.15, -0.1) is 11.3 Å². The molecule has 0 saturated carbocycles. The summed E-state index contributed by atoms with van der Waals surface area (Å²) in [6, 6.07) is 19.6. The number of para-hydroxylation sites is 1. The van der Waals surface area contributed by atoms with Crippen LogP contribution in [0.5, 0.6) is 0 Å². The van der Waals surface area contributed by atoms with Crippen LogP contribution in [0.1, 0.15) is 49.9 Å². The number of thiophene rings is 1. The Labute approximate surface area is 202 Å². The highest BCUT2D eigenvalue weighted by Gasteiger charge is 2.34. The molecule has 0 radical (unpaired) electrons. The minimum atomic E-state index is -0.376. The second-order valence-electron chi connectivity index (χ2n) is 8.35. The average Bonchev–Trinajstić information content (AvgIpc) is 3.51. The lowest BCUT2D eigenvalue weighted by atomic mass is 9.96. The average molecular weight is 471 g/mol. The standard InChI is InChI=1S/C28H26N2O3S/c1-3-20-13-14-24(34-20)27-26-22(21-6-4-5-7-23(21)29-26)16-17-30(27)25(31)15-10-18-8-11-19(12-9-18)28(32)33-2/h4-15,27,29H,3,16-17H2,1-2H3/b15-10+. The molecule has 0 spiro atoms. The zero-order valence-electron chi connectivity index (χ0n) is 19.2. The molecular weight excluding hydrogens is 444 g/mol. The van der Waals surface area contributed by atoms with Crippen molar-refractivity contribution in [2.24, 2.45) is 0 Å². The van der Waals surface area contributed by atoms with Crippen LogP contribution in [0.25, 0.3) is 17.0 Å². The molecule has 1 atom stereocenters. The number of nitrogens with one attached hydrogen (secondary N) is 1. The van der Waals surface area contributed by atoms with Gasteiger partial charge in [-0.25, -0.2) is 4.79 Å². The van der Waals surface area contributed by atoms with Crippen LogP contribution in [0.2, 0.25) is 0 Å². The number of benzene rings is 2. The third kappa shape index (κ3) is 4.05. The van der Waals surface area contributed by atoms with Gasteiger partial charge in [0, 0.05) is 39.0 Å². The summed E-state index contributed by atoms with van der Waals surface area (Å²) in [5, 5.41) is 1.24. The third-order valence-corrected chi connectivity index (χ3v) is 7.65. The van der Waals surface area contributed by atoms with Gasteiger partial charge >= 0.3 is 5.97 Å². The number of carbonyl (C=O) groups excluding carboxylic acids is 2. The van der Waals surface area contributed by atoms with Crippen molar-refractivity contribution in [2.75, 3.05) is 13.7 Å². The molecule has 34 heavy (non-hydrogen) atoms. The quantitative estimate of drug-likeness (QED) is 0.298. The van der Waals surface area contributed by atoms with Gasteiger partial charge in [0.05, 0.1) is 12.7 Å². The smallest absolute Gasteiger partial charge is 0.337 e. The van der Waals surface area contributed by atoms with Crippen molar-refractivity contribution in [3.63, 3.8) is 0 Å². The summed E-state index contributed by atoms with van der Waals surface area (Å²) in [4.78, 5) is 33.2. The van der Waals surface area contributed by atoms with E-state index >= 15 is 0 Å². The number of carbonyl (C=O) groups is 2. The second kappa shape index (κ2) is 9.31. The van der Waals surface area contributed by atoms with Crippen molar-refractivity contribution in [3.8, 4) is 0 Å². The number of fused-ring (bicyclic) bond motifs is 3. The lowest BCUT2D eigenvalue weighted by Gasteiger charge is -2.34. The Morgan fingerprint density at radius 3 is 2.65 bits per heavy atom. The van der Waals surface area contributed by atoms with Crippen molar-refractivity contribution in [3.05, 3.63) is 98.9 Å². The van der Waals surface area contributed by atoms with Gasteiger partial charge in [-0.1, -0.05) is 37.3 Å². The predicted octanol–water partition coefficient (Wildman–Crippen LogP) is 5.77. The van der Waals surface area contributed by atoms with Crippen molar-refractivity contribution in [1.82, 2.24) is 9.88 Å². The molecular formula is C28H26N2O3S. The minimum Gasteiger partial charge on any atom is -0.465 e. The summed E-state index contributed by atoms with van der Waals surface area (Å²) in [6.45, 7) is 2.81. The highest BCUT2D eigenvalue weighted by molar-refractivity contribution is 7.12. The highest BCUT2D eigenvalue weighted by atomic mass is 32.1. The molecule has 1 aliphatic rings. The number of amides is 1. The highest BCUT2D eigenvalue weighted by Crippen LogP contribution is 2.41. The zero-order valence-corrected chi connectivity index (χ0v) is 20.0. The Kier molecular flexibility index (Phi) is 6.07. The molecule has 2 aromatic carbocycles. The van der Waals surface area contributed by atoms with Crippen molar-refractivity contribution in [2.45, 2.75) is 25.8 Å². The lowest BCUT2D eigenvalue weighted by Crippen LogP contribution is -2.39. The van der Waals surface area contributed by atoms with Crippen LogP contribution in [0.3, 0.4) is 0 Å². The number of ether oxygens (including phenoxy) is 1. The summed E-state index contributed by atoms with van der Waals surface area (Å²) in [5.41, 5.74) is 4.86. The Bertz CT molecular complexity index is 1380. The van der Waals surface area contributed by atoms with Crippen molar-refractivity contribution in [1.29, 1.82) is 0 Å². The molecule has 6 heteroatoms. The van der Waals surface area contributed by atoms with E-state index in [0.717, 1.165) is 29.6 Å². The Morgan fingerprint density at radius 2 is 1.91 bits per heavy atom. The predicted molar refractivity (Wildman–Crippen MR) is 136 cm³/mol. The molecule has 2 aromatic heterocycles. The molecule has 172 valence electrons. The monoisotopic (exact) mass is 470 g/mol. The first-order chi connectivity index (χ1) is 16.6. The summed E-state index contributed by atoms with van der Waals surface area (Å²) in [5.74, 6) is -0.405. The van der Waals surface area contributed by atoms with Crippen molar-refractivity contribution >= 4 is 40.2 Å². The molecule has 1 amide bonds. The first-order valence-corrected chi connectivity index (χ1v) is 12.3. The van der Waals surface area contributed by atoms with Gasteiger partial charge < -0.3 is 14.6 Å². The van der Waals surface area contributed by atoms with Crippen LogP contribution < -0.4 is 0 Å². The summed E-state index contributed by atoms with van der Waals surface area (Å²) in [6.07, 6.45) is 5.22. The fourth-order valence-electron chi connectivity index (χ4n) is 4.62. The minimum absolute atomic E-state index is 0.0298. The molecule has 4 aromatic rings. The van der Waals surface area contributed by atoms with Gasteiger partial charge in [0.15, 0.2) is 0 Å². The van der Waals surface area contributed by atoms with Crippen LogP contribution in [-0.4, -0.2) is 35.4 Å². The third-order valence-electron chi connectivity index (χ3n) is 6.37. The largest absolute Gasteiger partial charge is 0.465 e. The topological polar surface area (TPSA) is 62.4 Å². The summed E-state index contributed by atoms with van der Waals surface area (Å²) < 4.78 is 4.75. The van der Waals surface area contributed by atoms with Gasteiger partial charge in [-0.05, 0) is 60.4 Å². The molecule has 0 fully saturated rings. The normalized spacial score (nSPS) is 15.6. The summed E-state index contributed by atoms with van der Waals surface area (Å²) >= 11 is 1.77. The van der Waals surface area contributed by atoms with Crippen LogP contribution in [-0.2, 0) is 22.4 Å². The fourth-order valence-corrected chi connectivity index (χ4v) is 5.69. The SMILES string of the molecule is CCc1ccc(C2c3[nH]c4ccccc4c3CCN2C(=O)/C=C/c2ccc(C(=O)OC)cc2)s1. The van der Waals surface area contributed by atoms with E-state index in [0.29, 0.717) is 12.1 Å². The number of aromatic amines is 1. The molecule has 0 aliphatic carbocycles. The molecule has 0 saturated heterocycles. The van der Waals surface area contributed by atoms with E-state index in [4.69, 9.17) is 4.74 Å². The molecule has 5 nitrogen and oxygen atoms in total. The van der Waals surface area contributed by atoms with E-state index in [9.17, 15) is 9.59 Å². The van der Waals surface area contributed by atoms with E-state index < -0.39 is 0 Å². The van der Waals surface area contributed by atoms with E-state index in [1.807, 2.05) is 23.1 Å². The molecule has 1 N–H and O–H groups in total. The van der Waals surface area contributed by atoms with Crippen LogP contribution >= 0.6 is 11.3 Å². The number of rotatable bonds is 5. The van der Waals surface area contributed by atoms with E-state index in [1.165, 1.54) is 27.8 Å². The Morgan fingerprint density at radius 1 is 1.12 bits per heavy atom. The van der Waals surface area contributed by atoms with Gasteiger partial charge in [-0.2, -0.15) is 0 Å². The Hall–Kier alpha value is -3.64. The van der Waals surface area contributed by atoms with Gasteiger partial charge in [-0.3, -0.25) is 4.79 Å². The maximum absolute atomic E-state index is 13.4. The number of methoxy groups -OCH3 is 1. The lowest BCUT2D eigenvalue weighted by molar-refractivity contribution is -0.127. The number of nitrogens with zero attached hydrogens (tertiary/aromatic N) is 1. The first-order valence-electron chi connectivity index (χ1n) is 11.4. The first kappa shape index (κ1) is 22.2. The summed E-state index contributed by atoms with van der Waals surface area (Å²) in [7, 11) is 1.36. The number of hydrogen-bond acceptors (Lipinski definition) is 4. The van der Waals surface area contributed by atoms with Crippen LogP contribution in [0, 0.1) is 0 Å². The number of H-pyrrole nitrogens is 1. The molecule has 1 unspecified atom stereocenters. The maximum Gasteiger partial charge on any atom is 0.337 e. The van der Waals surface area contributed by atoms with E-state index in [2.05, 4.69) is 42.2 Å². The van der Waals surface area contributed by atoms with Gasteiger partial charge in [0.2, 0.25) is 5.91 Å². The van der Waals surface area contributed by atoms with Crippen molar-refractivity contribution < 1.29 is 14.3 Å².